The summed E-state index contributed by atoms with van der Waals surface area (Å²) < 4.78 is 0. The summed E-state index contributed by atoms with van der Waals surface area (Å²) in [6.07, 6.45) is 1.65. The molecule has 0 aliphatic carbocycles. The largest absolute Gasteiger partial charge is 0.326 e. The molecular formula is C13H13N3O2S. The molecule has 1 N–H and O–H groups in total. The highest BCUT2D eigenvalue weighted by atomic mass is 32.1. The minimum Gasteiger partial charge on any atom is -0.326 e. The van der Waals surface area contributed by atoms with Crippen molar-refractivity contribution in [2.45, 2.75) is 6.92 Å². The van der Waals surface area contributed by atoms with Crippen molar-refractivity contribution >= 4 is 34.0 Å². The van der Waals surface area contributed by atoms with Crippen LogP contribution in [0, 0.1) is 0 Å². The van der Waals surface area contributed by atoms with E-state index in [2.05, 4.69) is 10.3 Å². The molecule has 5 nitrogen and oxygen atoms in total. The number of thiazole rings is 1. The first-order chi connectivity index (χ1) is 9.08. The SMILES string of the molecule is CC(=O)Nc1cccc(C(=O)N(C)c2nccs2)c1. The first-order valence-corrected chi connectivity index (χ1v) is 6.51. The number of hydrogen-bond donors (Lipinski definition) is 1. The van der Waals surface area contributed by atoms with Gasteiger partial charge >= 0.3 is 0 Å². The van der Waals surface area contributed by atoms with Crippen molar-refractivity contribution in [3.63, 3.8) is 0 Å². The van der Waals surface area contributed by atoms with E-state index >= 15 is 0 Å². The molecule has 1 aromatic heterocycles. The number of benzene rings is 1. The second-order valence-corrected chi connectivity index (χ2v) is 4.81. The van der Waals surface area contributed by atoms with Gasteiger partial charge in [-0.2, -0.15) is 0 Å². The summed E-state index contributed by atoms with van der Waals surface area (Å²) in [5.74, 6) is -0.333. The molecule has 2 aromatic rings. The number of nitrogens with zero attached hydrogens (tertiary/aromatic N) is 2. The second-order valence-electron chi connectivity index (χ2n) is 3.94. The highest BCUT2D eigenvalue weighted by molar-refractivity contribution is 7.13. The molecule has 0 spiro atoms. The lowest BCUT2D eigenvalue weighted by atomic mass is 10.2. The van der Waals surface area contributed by atoms with Gasteiger partial charge in [0, 0.05) is 36.8 Å². The number of hydrogen-bond acceptors (Lipinski definition) is 4. The fourth-order valence-electron chi connectivity index (χ4n) is 1.60. The summed E-state index contributed by atoms with van der Waals surface area (Å²) in [6, 6.07) is 6.82. The van der Waals surface area contributed by atoms with Gasteiger partial charge in [0.1, 0.15) is 0 Å². The summed E-state index contributed by atoms with van der Waals surface area (Å²) >= 11 is 1.39. The molecule has 0 saturated carbocycles. The topological polar surface area (TPSA) is 62.3 Å². The molecule has 6 heteroatoms. The smallest absolute Gasteiger partial charge is 0.259 e. The zero-order chi connectivity index (χ0) is 13.8. The predicted octanol–water partition coefficient (Wildman–Crippen LogP) is 2.38. The maximum absolute atomic E-state index is 12.3. The van der Waals surface area contributed by atoms with Crippen LogP contribution in [0.2, 0.25) is 0 Å². The third kappa shape index (κ3) is 3.17. The van der Waals surface area contributed by atoms with Gasteiger partial charge in [0.05, 0.1) is 0 Å². The molecule has 0 aliphatic rings. The van der Waals surface area contributed by atoms with Crippen molar-refractivity contribution in [3.8, 4) is 0 Å². The number of carbonyl (C=O) groups is 2. The van der Waals surface area contributed by atoms with E-state index in [4.69, 9.17) is 0 Å². The Morgan fingerprint density at radius 2 is 2.16 bits per heavy atom. The summed E-state index contributed by atoms with van der Waals surface area (Å²) in [6.45, 7) is 1.43. The number of rotatable bonds is 3. The van der Waals surface area contributed by atoms with E-state index in [0.717, 1.165) is 0 Å². The molecule has 0 unspecified atom stereocenters. The third-order valence-corrected chi connectivity index (χ3v) is 3.29. The average Bonchev–Trinajstić information content (AvgIpc) is 2.90. The van der Waals surface area contributed by atoms with E-state index in [1.54, 1.807) is 37.5 Å². The van der Waals surface area contributed by atoms with Crippen LogP contribution in [0.4, 0.5) is 10.8 Å². The van der Waals surface area contributed by atoms with Crippen molar-refractivity contribution < 1.29 is 9.59 Å². The van der Waals surface area contributed by atoms with Crippen LogP contribution in [-0.2, 0) is 4.79 Å². The Balaban J connectivity index is 2.21. The van der Waals surface area contributed by atoms with Gasteiger partial charge in [-0.1, -0.05) is 6.07 Å². The standard InChI is InChI=1S/C13H13N3O2S/c1-9(17)15-11-5-3-4-10(8-11)12(18)16(2)13-14-6-7-19-13/h3-8H,1-2H3,(H,15,17). The third-order valence-electron chi connectivity index (χ3n) is 2.44. The van der Waals surface area contributed by atoms with Gasteiger partial charge in [-0.3, -0.25) is 14.5 Å². The molecule has 0 bridgehead atoms. The highest BCUT2D eigenvalue weighted by Crippen LogP contribution is 2.19. The number of anilines is 2. The van der Waals surface area contributed by atoms with E-state index in [0.29, 0.717) is 16.4 Å². The molecule has 0 atom stereocenters. The lowest BCUT2D eigenvalue weighted by molar-refractivity contribution is -0.114. The number of aromatic nitrogens is 1. The monoisotopic (exact) mass is 275 g/mol. The maximum Gasteiger partial charge on any atom is 0.259 e. The van der Waals surface area contributed by atoms with E-state index < -0.39 is 0 Å². The van der Waals surface area contributed by atoms with Gasteiger partial charge in [-0.05, 0) is 18.2 Å². The Hall–Kier alpha value is -2.21. The number of carbonyl (C=O) groups excluding carboxylic acids is 2. The van der Waals surface area contributed by atoms with Crippen LogP contribution in [0.3, 0.4) is 0 Å². The Morgan fingerprint density at radius 3 is 2.79 bits per heavy atom. The number of nitrogens with one attached hydrogen (secondary N) is 1. The molecule has 1 heterocycles. The Labute approximate surface area is 114 Å². The molecular weight excluding hydrogens is 262 g/mol. The van der Waals surface area contributed by atoms with Crippen molar-refractivity contribution in [1.82, 2.24) is 4.98 Å². The lowest BCUT2D eigenvalue weighted by Crippen LogP contribution is -2.26. The molecule has 1 aromatic carbocycles. The minimum absolute atomic E-state index is 0.165. The fourth-order valence-corrected chi connectivity index (χ4v) is 2.20. The molecule has 2 rings (SSSR count). The second kappa shape index (κ2) is 5.62. The van der Waals surface area contributed by atoms with Gasteiger partial charge in [-0.15, -0.1) is 11.3 Å². The summed E-state index contributed by atoms with van der Waals surface area (Å²) in [5, 5.41) is 5.10. The van der Waals surface area contributed by atoms with Gasteiger partial charge < -0.3 is 5.32 Å². The molecule has 0 saturated heterocycles. The van der Waals surface area contributed by atoms with Crippen LogP contribution < -0.4 is 10.2 Å². The van der Waals surface area contributed by atoms with Gasteiger partial charge in [0.2, 0.25) is 5.91 Å². The fraction of sp³-hybridized carbons (Fsp3) is 0.154. The molecule has 19 heavy (non-hydrogen) atoms. The minimum atomic E-state index is -0.169. The molecule has 0 fully saturated rings. The van der Waals surface area contributed by atoms with Crippen LogP contribution >= 0.6 is 11.3 Å². The average molecular weight is 275 g/mol. The zero-order valence-electron chi connectivity index (χ0n) is 10.6. The molecule has 0 radical (unpaired) electrons. The molecule has 98 valence electrons. The predicted molar refractivity (Wildman–Crippen MR) is 75.6 cm³/mol. The van der Waals surface area contributed by atoms with Crippen LogP contribution in [0.5, 0.6) is 0 Å². The summed E-state index contributed by atoms with van der Waals surface area (Å²) in [5.41, 5.74) is 1.11. The van der Waals surface area contributed by atoms with E-state index in [1.807, 2.05) is 5.38 Å². The molecule has 2 amide bonds. The molecule has 0 aliphatic heterocycles. The number of amides is 2. The van der Waals surface area contributed by atoms with Gasteiger partial charge in [0.15, 0.2) is 5.13 Å². The first-order valence-electron chi connectivity index (χ1n) is 5.63. The Kier molecular flexibility index (Phi) is 3.91. The quantitative estimate of drug-likeness (QED) is 0.935. The van der Waals surface area contributed by atoms with Gasteiger partial charge in [0.25, 0.3) is 5.91 Å². The van der Waals surface area contributed by atoms with Crippen LogP contribution in [0.15, 0.2) is 35.8 Å². The van der Waals surface area contributed by atoms with E-state index in [9.17, 15) is 9.59 Å². The van der Waals surface area contributed by atoms with Crippen LogP contribution in [0.1, 0.15) is 17.3 Å². The van der Waals surface area contributed by atoms with E-state index in [-0.39, 0.29) is 11.8 Å². The maximum atomic E-state index is 12.3. The summed E-state index contributed by atoms with van der Waals surface area (Å²) in [7, 11) is 1.67. The highest BCUT2D eigenvalue weighted by Gasteiger charge is 2.15. The van der Waals surface area contributed by atoms with Gasteiger partial charge in [-0.25, -0.2) is 4.98 Å². The summed E-state index contributed by atoms with van der Waals surface area (Å²) in [4.78, 5) is 28.8. The van der Waals surface area contributed by atoms with Crippen molar-refractivity contribution in [1.29, 1.82) is 0 Å². The van der Waals surface area contributed by atoms with Crippen molar-refractivity contribution in [2.75, 3.05) is 17.3 Å². The first kappa shape index (κ1) is 13.2. The normalized spacial score (nSPS) is 10.0. The Bertz CT molecular complexity index is 596. The van der Waals surface area contributed by atoms with Crippen LogP contribution in [0.25, 0.3) is 0 Å². The van der Waals surface area contributed by atoms with Crippen molar-refractivity contribution in [2.24, 2.45) is 0 Å². The lowest BCUT2D eigenvalue weighted by Gasteiger charge is -2.14. The zero-order valence-corrected chi connectivity index (χ0v) is 11.4. The van der Waals surface area contributed by atoms with Crippen molar-refractivity contribution in [3.05, 3.63) is 41.4 Å². The van der Waals surface area contributed by atoms with Crippen LogP contribution in [-0.4, -0.2) is 23.8 Å². The Morgan fingerprint density at radius 1 is 1.37 bits per heavy atom. The van der Waals surface area contributed by atoms with E-state index in [1.165, 1.54) is 23.2 Å².